The predicted molar refractivity (Wildman–Crippen MR) is 69.8 cm³/mol. The van der Waals surface area contributed by atoms with E-state index in [9.17, 15) is 0 Å². The van der Waals surface area contributed by atoms with Crippen molar-refractivity contribution in [2.45, 2.75) is 12.8 Å². The number of aryl methyl sites for hydroxylation is 1. The fraction of sp³-hybridized carbons (Fsp3) is 0.385. The SMILES string of the molecule is ClCCCc1nnc(-c2ccc3c(c2)OCCO3)o1. The van der Waals surface area contributed by atoms with Crippen molar-refractivity contribution in [1.29, 1.82) is 0 Å². The molecule has 6 heteroatoms. The maximum atomic E-state index is 5.63. The number of halogens is 1. The summed E-state index contributed by atoms with van der Waals surface area (Å²) in [6.07, 6.45) is 1.52. The molecule has 0 unspecified atom stereocenters. The Balaban J connectivity index is 1.83. The van der Waals surface area contributed by atoms with Gasteiger partial charge >= 0.3 is 0 Å². The molecule has 19 heavy (non-hydrogen) atoms. The average Bonchev–Trinajstić information content (AvgIpc) is 2.93. The van der Waals surface area contributed by atoms with E-state index in [1.54, 1.807) is 0 Å². The Morgan fingerprint density at radius 2 is 1.95 bits per heavy atom. The molecule has 0 saturated carbocycles. The predicted octanol–water partition coefficient (Wildman–Crippen LogP) is 2.68. The maximum absolute atomic E-state index is 5.63. The molecule has 0 aliphatic carbocycles. The van der Waals surface area contributed by atoms with Crippen LogP contribution in [0.25, 0.3) is 11.5 Å². The summed E-state index contributed by atoms with van der Waals surface area (Å²) in [5.74, 6) is 3.13. The normalized spacial score (nSPS) is 13.5. The van der Waals surface area contributed by atoms with E-state index >= 15 is 0 Å². The fourth-order valence-electron chi connectivity index (χ4n) is 1.87. The molecule has 0 spiro atoms. The van der Waals surface area contributed by atoms with Crippen molar-refractivity contribution < 1.29 is 13.9 Å². The van der Waals surface area contributed by atoms with Crippen LogP contribution in [0.3, 0.4) is 0 Å². The number of nitrogens with zero attached hydrogens (tertiary/aromatic N) is 2. The Morgan fingerprint density at radius 1 is 1.11 bits per heavy atom. The molecule has 2 heterocycles. The lowest BCUT2D eigenvalue weighted by Gasteiger charge is -2.18. The van der Waals surface area contributed by atoms with Gasteiger partial charge in [0.1, 0.15) is 13.2 Å². The number of rotatable bonds is 4. The average molecular weight is 281 g/mol. The minimum absolute atomic E-state index is 0.488. The first-order valence-corrected chi connectivity index (χ1v) is 6.68. The first-order chi connectivity index (χ1) is 9.36. The summed E-state index contributed by atoms with van der Waals surface area (Å²) in [7, 11) is 0. The van der Waals surface area contributed by atoms with Crippen molar-refractivity contribution in [3.63, 3.8) is 0 Å². The van der Waals surface area contributed by atoms with Crippen molar-refractivity contribution in [3.05, 3.63) is 24.1 Å². The van der Waals surface area contributed by atoms with Crippen LogP contribution in [-0.4, -0.2) is 29.3 Å². The van der Waals surface area contributed by atoms with Crippen molar-refractivity contribution in [2.75, 3.05) is 19.1 Å². The van der Waals surface area contributed by atoms with Crippen molar-refractivity contribution >= 4 is 11.6 Å². The molecule has 0 radical (unpaired) electrons. The summed E-state index contributed by atoms with van der Waals surface area (Å²) in [6.45, 7) is 1.14. The Morgan fingerprint density at radius 3 is 2.79 bits per heavy atom. The highest BCUT2D eigenvalue weighted by atomic mass is 35.5. The van der Waals surface area contributed by atoms with Crippen LogP contribution < -0.4 is 9.47 Å². The third-order valence-electron chi connectivity index (χ3n) is 2.78. The zero-order chi connectivity index (χ0) is 13.1. The molecule has 5 nitrogen and oxygen atoms in total. The van der Waals surface area contributed by atoms with Crippen LogP contribution in [0, 0.1) is 0 Å². The number of hydrogen-bond acceptors (Lipinski definition) is 5. The number of alkyl halides is 1. The summed E-state index contributed by atoms with van der Waals surface area (Å²) in [4.78, 5) is 0. The van der Waals surface area contributed by atoms with Crippen molar-refractivity contribution in [1.82, 2.24) is 10.2 Å². The minimum atomic E-state index is 0.488. The van der Waals surface area contributed by atoms with Gasteiger partial charge in [0.2, 0.25) is 11.8 Å². The number of benzene rings is 1. The molecule has 1 aliphatic heterocycles. The molecule has 1 aliphatic rings. The summed E-state index contributed by atoms with van der Waals surface area (Å²) in [6, 6.07) is 5.59. The maximum Gasteiger partial charge on any atom is 0.247 e. The molecule has 100 valence electrons. The van der Waals surface area contributed by atoms with E-state index in [-0.39, 0.29) is 0 Å². The molecule has 0 atom stereocenters. The summed E-state index contributed by atoms with van der Waals surface area (Å²) < 4.78 is 16.6. The number of fused-ring (bicyclic) bond motifs is 1. The van der Waals surface area contributed by atoms with Gasteiger partial charge in [0.25, 0.3) is 0 Å². The van der Waals surface area contributed by atoms with Crippen molar-refractivity contribution in [3.8, 4) is 23.0 Å². The Kier molecular flexibility index (Phi) is 3.55. The van der Waals surface area contributed by atoms with E-state index in [0.717, 1.165) is 17.7 Å². The van der Waals surface area contributed by atoms with E-state index in [1.807, 2.05) is 18.2 Å². The highest BCUT2D eigenvalue weighted by Crippen LogP contribution is 2.34. The molecule has 2 aromatic rings. The second kappa shape index (κ2) is 5.48. The van der Waals surface area contributed by atoms with Crippen LogP contribution >= 0.6 is 11.6 Å². The van der Waals surface area contributed by atoms with Gasteiger partial charge in [-0.15, -0.1) is 21.8 Å². The molecular weight excluding hydrogens is 268 g/mol. The largest absolute Gasteiger partial charge is 0.486 e. The molecule has 0 fully saturated rings. The van der Waals surface area contributed by atoms with Crippen molar-refractivity contribution in [2.24, 2.45) is 0 Å². The zero-order valence-electron chi connectivity index (χ0n) is 10.3. The quantitative estimate of drug-likeness (QED) is 0.806. The topological polar surface area (TPSA) is 57.4 Å². The van der Waals surface area contributed by atoms with Crippen LogP contribution in [0.4, 0.5) is 0 Å². The van der Waals surface area contributed by atoms with Gasteiger partial charge in [-0.25, -0.2) is 0 Å². The second-order valence-electron chi connectivity index (χ2n) is 4.15. The molecule has 0 amide bonds. The van der Waals surface area contributed by atoms with Gasteiger partial charge in [0.05, 0.1) is 0 Å². The minimum Gasteiger partial charge on any atom is -0.486 e. The smallest absolute Gasteiger partial charge is 0.247 e. The van der Waals surface area contributed by atoms with Gasteiger partial charge in [0, 0.05) is 17.9 Å². The molecule has 0 saturated heterocycles. The van der Waals surface area contributed by atoms with Gasteiger partial charge in [-0.1, -0.05) is 0 Å². The van der Waals surface area contributed by atoms with Crippen LogP contribution in [0.5, 0.6) is 11.5 Å². The number of hydrogen-bond donors (Lipinski definition) is 0. The van der Waals surface area contributed by atoms with E-state index in [0.29, 0.717) is 43.0 Å². The van der Waals surface area contributed by atoms with E-state index in [2.05, 4.69) is 10.2 Å². The molecule has 1 aromatic heterocycles. The summed E-state index contributed by atoms with van der Waals surface area (Å²) >= 11 is 5.63. The molecule has 3 rings (SSSR count). The number of aromatic nitrogens is 2. The third kappa shape index (κ3) is 2.66. The zero-order valence-corrected chi connectivity index (χ0v) is 11.0. The summed E-state index contributed by atoms with van der Waals surface area (Å²) in [5.41, 5.74) is 0.828. The lowest BCUT2D eigenvalue weighted by atomic mass is 10.2. The molecular formula is C13H13ClN2O3. The van der Waals surface area contributed by atoms with E-state index in [4.69, 9.17) is 25.5 Å². The van der Waals surface area contributed by atoms with Gasteiger partial charge < -0.3 is 13.9 Å². The van der Waals surface area contributed by atoms with Crippen LogP contribution in [0.2, 0.25) is 0 Å². The third-order valence-corrected chi connectivity index (χ3v) is 3.05. The summed E-state index contributed by atoms with van der Waals surface area (Å²) in [5, 5.41) is 8.03. The van der Waals surface area contributed by atoms with E-state index < -0.39 is 0 Å². The monoisotopic (exact) mass is 280 g/mol. The first kappa shape index (κ1) is 12.3. The molecule has 0 bridgehead atoms. The highest BCUT2D eigenvalue weighted by molar-refractivity contribution is 6.17. The van der Waals surface area contributed by atoms with Crippen LogP contribution in [0.15, 0.2) is 22.6 Å². The Bertz CT molecular complexity index is 571. The lowest BCUT2D eigenvalue weighted by molar-refractivity contribution is 0.171. The molecule has 1 aromatic carbocycles. The first-order valence-electron chi connectivity index (χ1n) is 6.15. The van der Waals surface area contributed by atoms with Gasteiger partial charge in [0.15, 0.2) is 11.5 Å². The van der Waals surface area contributed by atoms with Crippen LogP contribution in [0.1, 0.15) is 12.3 Å². The Hall–Kier alpha value is -1.75. The Labute approximate surface area is 115 Å². The van der Waals surface area contributed by atoms with Gasteiger partial charge in [-0.3, -0.25) is 0 Å². The standard InChI is InChI=1S/C13H13ClN2O3/c14-5-1-2-12-15-16-13(19-12)9-3-4-10-11(8-9)18-7-6-17-10/h3-4,8H,1-2,5-7H2. The second-order valence-corrected chi connectivity index (χ2v) is 4.53. The van der Waals surface area contributed by atoms with E-state index in [1.165, 1.54) is 0 Å². The van der Waals surface area contributed by atoms with Gasteiger partial charge in [-0.2, -0.15) is 0 Å². The van der Waals surface area contributed by atoms with Crippen LogP contribution in [-0.2, 0) is 6.42 Å². The fourth-order valence-corrected chi connectivity index (χ4v) is 2.00. The molecule has 0 N–H and O–H groups in total. The highest BCUT2D eigenvalue weighted by Gasteiger charge is 2.15. The number of ether oxygens (including phenoxy) is 2. The lowest BCUT2D eigenvalue weighted by Crippen LogP contribution is -2.15. The van der Waals surface area contributed by atoms with Gasteiger partial charge in [-0.05, 0) is 24.6 Å².